The van der Waals surface area contributed by atoms with Crippen LogP contribution in [0.4, 0.5) is 0 Å². The minimum Gasteiger partial charge on any atom is -0.121 e. The molecule has 0 radical (unpaired) electrons. The third kappa shape index (κ3) is 1.53. The van der Waals surface area contributed by atoms with Crippen molar-refractivity contribution in [2.24, 2.45) is 0 Å². The molecule has 0 nitrogen and oxygen atoms in total. The topological polar surface area (TPSA) is 0 Å². The van der Waals surface area contributed by atoms with E-state index in [1.807, 2.05) is 11.8 Å². The Morgan fingerprint density at radius 2 is 1.93 bits per heavy atom. The van der Waals surface area contributed by atoms with Gasteiger partial charge in [0.25, 0.3) is 0 Å². The Hall–Kier alpha value is -0.950. The fraction of sp³-hybridized carbons (Fsp3) is 0.231. The molecule has 1 heteroatoms. The minimum atomic E-state index is 1.10. The number of fused-ring (bicyclic) bond motifs is 1. The first kappa shape index (κ1) is 9.60. The van der Waals surface area contributed by atoms with Crippen LogP contribution in [0.3, 0.4) is 0 Å². The predicted octanol–water partition coefficient (Wildman–Crippen LogP) is 4.14. The summed E-state index contributed by atoms with van der Waals surface area (Å²) < 4.78 is 0. The first-order chi connectivity index (χ1) is 6.86. The summed E-state index contributed by atoms with van der Waals surface area (Å²) in [7, 11) is 0. The first-order valence-electron chi connectivity index (χ1n) is 4.91. The van der Waals surface area contributed by atoms with Gasteiger partial charge in [-0.1, -0.05) is 30.4 Å². The third-order valence-corrected chi connectivity index (χ3v) is 3.67. The van der Waals surface area contributed by atoms with Crippen LogP contribution in [0.25, 0.3) is 5.57 Å². The van der Waals surface area contributed by atoms with Crippen molar-refractivity contribution in [3.8, 4) is 0 Å². The molecule has 0 fully saturated rings. The van der Waals surface area contributed by atoms with Gasteiger partial charge in [-0.05, 0) is 36.6 Å². The maximum atomic E-state index is 2.22. The van der Waals surface area contributed by atoms with Crippen molar-refractivity contribution >= 4 is 17.3 Å². The Kier molecular flexibility index (Phi) is 2.78. The van der Waals surface area contributed by atoms with Gasteiger partial charge in [0.2, 0.25) is 0 Å². The maximum Gasteiger partial charge on any atom is 0.0234 e. The second-order valence-electron chi connectivity index (χ2n) is 3.30. The van der Waals surface area contributed by atoms with Crippen molar-refractivity contribution in [1.29, 1.82) is 0 Å². The van der Waals surface area contributed by atoms with E-state index in [2.05, 4.69) is 50.3 Å². The zero-order chi connectivity index (χ0) is 9.97. The molecular weight excluding hydrogens is 188 g/mol. The number of benzene rings is 1. The Labute approximate surface area is 89.7 Å². The highest BCUT2D eigenvalue weighted by atomic mass is 32.2. The van der Waals surface area contributed by atoms with Crippen molar-refractivity contribution in [2.75, 3.05) is 5.75 Å². The van der Waals surface area contributed by atoms with E-state index in [0.717, 1.165) is 5.75 Å². The van der Waals surface area contributed by atoms with E-state index in [9.17, 15) is 0 Å². The number of hydrogen-bond acceptors (Lipinski definition) is 1. The van der Waals surface area contributed by atoms with Crippen molar-refractivity contribution in [1.82, 2.24) is 0 Å². The van der Waals surface area contributed by atoms with Gasteiger partial charge in [0.1, 0.15) is 0 Å². The Morgan fingerprint density at radius 3 is 2.64 bits per heavy atom. The zero-order valence-electron chi connectivity index (χ0n) is 8.58. The van der Waals surface area contributed by atoms with Crippen molar-refractivity contribution in [3.05, 3.63) is 47.6 Å². The number of allylic oxidation sites excluding steroid dienone is 3. The van der Waals surface area contributed by atoms with Crippen LogP contribution in [-0.4, -0.2) is 5.75 Å². The molecule has 1 heterocycles. The van der Waals surface area contributed by atoms with Crippen LogP contribution in [0.5, 0.6) is 0 Å². The molecule has 0 unspecified atom stereocenters. The molecule has 0 aromatic heterocycles. The molecule has 2 rings (SSSR count). The average molecular weight is 202 g/mol. The summed E-state index contributed by atoms with van der Waals surface area (Å²) in [5, 5.41) is 0. The van der Waals surface area contributed by atoms with E-state index in [0.29, 0.717) is 0 Å². The molecule has 0 saturated heterocycles. The molecule has 0 atom stereocenters. The molecule has 0 saturated carbocycles. The molecule has 0 bridgehead atoms. The van der Waals surface area contributed by atoms with Gasteiger partial charge in [-0.25, -0.2) is 0 Å². The summed E-state index contributed by atoms with van der Waals surface area (Å²) in [5.74, 6) is 1.10. The molecule has 1 aliphatic rings. The average Bonchev–Trinajstić information content (AvgIpc) is 2.27. The number of hydrogen-bond donors (Lipinski definition) is 0. The lowest BCUT2D eigenvalue weighted by Crippen LogP contribution is -2.01. The molecule has 0 spiro atoms. The Morgan fingerprint density at radius 1 is 1.14 bits per heavy atom. The summed E-state index contributed by atoms with van der Waals surface area (Å²) in [4.78, 5) is 1.41. The van der Waals surface area contributed by atoms with Crippen LogP contribution in [-0.2, 0) is 0 Å². The Bertz CT molecular complexity index is 399. The van der Waals surface area contributed by atoms with E-state index in [1.54, 1.807) is 0 Å². The summed E-state index contributed by atoms with van der Waals surface area (Å²) >= 11 is 1.93. The van der Waals surface area contributed by atoms with Crippen LogP contribution >= 0.6 is 11.8 Å². The minimum absolute atomic E-state index is 1.10. The highest BCUT2D eigenvalue weighted by Crippen LogP contribution is 2.39. The van der Waals surface area contributed by atoms with Gasteiger partial charge >= 0.3 is 0 Å². The highest BCUT2D eigenvalue weighted by molar-refractivity contribution is 7.99. The van der Waals surface area contributed by atoms with Crippen LogP contribution in [0.2, 0.25) is 0 Å². The monoisotopic (exact) mass is 202 g/mol. The second kappa shape index (κ2) is 4.05. The lowest BCUT2D eigenvalue weighted by Gasteiger charge is -2.21. The Balaban J connectivity index is 2.56. The first-order valence-corrected chi connectivity index (χ1v) is 5.89. The summed E-state index contributed by atoms with van der Waals surface area (Å²) in [6, 6.07) is 8.64. The molecule has 72 valence electrons. The lowest BCUT2D eigenvalue weighted by molar-refractivity contribution is 1.32. The molecule has 1 aromatic carbocycles. The zero-order valence-corrected chi connectivity index (χ0v) is 9.40. The van der Waals surface area contributed by atoms with Crippen LogP contribution in [0.15, 0.2) is 46.9 Å². The van der Waals surface area contributed by atoms with Gasteiger partial charge in [0, 0.05) is 10.6 Å². The van der Waals surface area contributed by atoms with Crippen molar-refractivity contribution in [2.45, 2.75) is 18.7 Å². The van der Waals surface area contributed by atoms with Gasteiger partial charge in [-0.3, -0.25) is 0 Å². The van der Waals surface area contributed by atoms with Crippen LogP contribution in [0, 0.1) is 0 Å². The molecule has 1 aromatic rings. The van der Waals surface area contributed by atoms with Crippen LogP contribution in [0.1, 0.15) is 19.4 Å². The van der Waals surface area contributed by atoms with E-state index < -0.39 is 0 Å². The number of thioether (sulfide) groups is 1. The third-order valence-electron chi connectivity index (χ3n) is 2.54. The smallest absolute Gasteiger partial charge is 0.0234 e. The lowest BCUT2D eigenvalue weighted by atomic mass is 9.98. The molecule has 0 amide bonds. The second-order valence-corrected chi connectivity index (χ2v) is 4.32. The highest BCUT2D eigenvalue weighted by Gasteiger charge is 2.16. The molecule has 1 aliphatic heterocycles. The van der Waals surface area contributed by atoms with E-state index >= 15 is 0 Å². The SMILES string of the molecule is C/C=C1/CSc2ccccc2/C1=C/C. The summed E-state index contributed by atoms with van der Waals surface area (Å²) in [6.07, 6.45) is 4.44. The van der Waals surface area contributed by atoms with E-state index in [-0.39, 0.29) is 0 Å². The fourth-order valence-electron chi connectivity index (χ4n) is 1.80. The van der Waals surface area contributed by atoms with Gasteiger partial charge in [-0.2, -0.15) is 0 Å². The van der Waals surface area contributed by atoms with Crippen molar-refractivity contribution in [3.63, 3.8) is 0 Å². The normalized spacial score (nSPS) is 21.3. The standard InChI is InChI=1S/C13H14S/c1-3-10-9-14-13-8-6-5-7-12(13)11(10)4-2/h3-8H,9H2,1-2H3/b10-3-,11-4+. The van der Waals surface area contributed by atoms with Gasteiger partial charge in [0.15, 0.2) is 0 Å². The van der Waals surface area contributed by atoms with E-state index in [4.69, 9.17) is 0 Å². The largest absolute Gasteiger partial charge is 0.121 e. The molecule has 0 N–H and O–H groups in total. The fourth-order valence-corrected chi connectivity index (χ4v) is 2.94. The molecule has 14 heavy (non-hydrogen) atoms. The quantitative estimate of drug-likeness (QED) is 0.609. The van der Waals surface area contributed by atoms with Gasteiger partial charge < -0.3 is 0 Å². The maximum absolute atomic E-state index is 2.22. The summed E-state index contributed by atoms with van der Waals surface area (Å²) in [6.45, 7) is 4.24. The van der Waals surface area contributed by atoms with Crippen LogP contribution < -0.4 is 0 Å². The van der Waals surface area contributed by atoms with Gasteiger partial charge in [0.05, 0.1) is 0 Å². The number of rotatable bonds is 0. The van der Waals surface area contributed by atoms with Crippen molar-refractivity contribution < 1.29 is 0 Å². The van der Waals surface area contributed by atoms with E-state index in [1.165, 1.54) is 21.6 Å². The molecular formula is C13H14S. The predicted molar refractivity (Wildman–Crippen MR) is 64.6 cm³/mol. The molecule has 0 aliphatic carbocycles. The summed E-state index contributed by atoms with van der Waals surface area (Å²) in [5.41, 5.74) is 4.25. The van der Waals surface area contributed by atoms with Gasteiger partial charge in [-0.15, -0.1) is 11.8 Å².